The molecule has 1 amide bonds. The van der Waals surface area contributed by atoms with Gasteiger partial charge in [0.25, 0.3) is 5.69 Å². The van der Waals surface area contributed by atoms with Crippen molar-refractivity contribution in [1.82, 2.24) is 4.90 Å². The Kier molecular flexibility index (Phi) is 3.14. The molecule has 0 radical (unpaired) electrons. The molecule has 0 saturated heterocycles. The number of benzene rings is 1. The fourth-order valence-electron chi connectivity index (χ4n) is 1.99. The van der Waals surface area contributed by atoms with Gasteiger partial charge in [0.05, 0.1) is 11.3 Å². The van der Waals surface area contributed by atoms with Crippen molar-refractivity contribution >= 4 is 17.2 Å². The molecule has 0 atom stereocenters. The lowest BCUT2D eigenvalue weighted by molar-refractivity contribution is -0.384. The third-order valence-corrected chi connectivity index (χ3v) is 3.06. The van der Waals surface area contributed by atoms with Gasteiger partial charge in [0.2, 0.25) is 5.91 Å². The van der Waals surface area contributed by atoms with Crippen LogP contribution in [0.3, 0.4) is 0 Å². The summed E-state index contributed by atoms with van der Waals surface area (Å²) in [6.45, 7) is 0. The van der Waals surface area contributed by atoms with Gasteiger partial charge in [0.15, 0.2) is 0 Å². The third-order valence-electron chi connectivity index (χ3n) is 3.06. The van der Waals surface area contributed by atoms with Crippen LogP contribution < -0.4 is 0 Å². The number of carbonyl (C=O) groups excluding carboxylic acids is 1. The van der Waals surface area contributed by atoms with Crippen molar-refractivity contribution in [1.29, 1.82) is 0 Å². The number of rotatable bonds is 3. The van der Waals surface area contributed by atoms with Crippen LogP contribution in [0.5, 0.6) is 0 Å². The van der Waals surface area contributed by atoms with Crippen LogP contribution >= 0.6 is 0 Å². The molecule has 0 spiro atoms. The first-order valence-electron chi connectivity index (χ1n) is 5.66. The molecule has 0 aliphatic heterocycles. The van der Waals surface area contributed by atoms with E-state index >= 15 is 0 Å². The molecule has 0 N–H and O–H groups in total. The first kappa shape index (κ1) is 12.3. The normalized spacial score (nSPS) is 12.9. The summed E-state index contributed by atoms with van der Waals surface area (Å²) >= 11 is 0. The Morgan fingerprint density at radius 3 is 2.78 bits per heavy atom. The zero-order valence-corrected chi connectivity index (χ0v) is 10.3. The summed E-state index contributed by atoms with van der Waals surface area (Å²) < 4.78 is 0. The highest BCUT2D eigenvalue weighted by Gasteiger charge is 2.20. The van der Waals surface area contributed by atoms with E-state index < -0.39 is 4.92 Å². The molecule has 5 heteroatoms. The van der Waals surface area contributed by atoms with Gasteiger partial charge in [-0.15, -0.1) is 0 Å². The number of nitro groups is 1. The number of allylic oxidation sites excluding steroid dienone is 1. The molecule has 1 aromatic rings. The zero-order valence-electron chi connectivity index (χ0n) is 10.3. The minimum Gasteiger partial charge on any atom is -0.349 e. The third kappa shape index (κ3) is 2.25. The van der Waals surface area contributed by atoms with Gasteiger partial charge in [-0.25, -0.2) is 0 Å². The van der Waals surface area contributed by atoms with E-state index in [1.165, 1.54) is 11.0 Å². The van der Waals surface area contributed by atoms with Crippen molar-refractivity contribution in [3.05, 3.63) is 45.5 Å². The van der Waals surface area contributed by atoms with Crippen LogP contribution in [0, 0.1) is 10.1 Å². The molecule has 18 heavy (non-hydrogen) atoms. The summed E-state index contributed by atoms with van der Waals surface area (Å²) in [6.07, 6.45) is 3.00. The summed E-state index contributed by atoms with van der Waals surface area (Å²) in [5, 5.41) is 10.7. The highest BCUT2D eigenvalue weighted by atomic mass is 16.6. The summed E-state index contributed by atoms with van der Waals surface area (Å²) in [5.74, 6) is 0.000561. The molecule has 0 heterocycles. The summed E-state index contributed by atoms with van der Waals surface area (Å²) in [5.41, 5.74) is 2.83. The molecular formula is C13H14N2O3. The average molecular weight is 246 g/mol. The van der Waals surface area contributed by atoms with E-state index in [0.29, 0.717) is 6.42 Å². The molecule has 0 saturated carbocycles. The second-order valence-corrected chi connectivity index (χ2v) is 4.50. The molecule has 2 rings (SSSR count). The Labute approximate surface area is 105 Å². The lowest BCUT2D eigenvalue weighted by Gasteiger charge is -2.11. The van der Waals surface area contributed by atoms with Gasteiger partial charge in [0.1, 0.15) is 0 Å². The number of nitro benzene ring substituents is 1. The fourth-order valence-corrected chi connectivity index (χ4v) is 1.99. The van der Waals surface area contributed by atoms with Crippen LogP contribution in [0.4, 0.5) is 5.69 Å². The standard InChI is InChI=1S/C13H14N2O3/c1-14(2)13(16)7-10-4-3-9-5-6-11(15(17)18)8-12(9)10/h4-6,8H,3,7H2,1-2H3. The molecule has 0 fully saturated rings. The number of fused-ring (bicyclic) bond motifs is 1. The van der Waals surface area contributed by atoms with Crippen LogP contribution in [0.25, 0.3) is 5.57 Å². The Bertz CT molecular complexity index is 547. The second-order valence-electron chi connectivity index (χ2n) is 4.50. The van der Waals surface area contributed by atoms with Gasteiger partial charge in [0, 0.05) is 26.2 Å². The van der Waals surface area contributed by atoms with E-state index in [-0.39, 0.29) is 11.6 Å². The second kappa shape index (κ2) is 4.60. The Balaban J connectivity index is 2.28. The van der Waals surface area contributed by atoms with Crippen molar-refractivity contribution in [2.75, 3.05) is 14.1 Å². The van der Waals surface area contributed by atoms with Gasteiger partial charge in [-0.05, 0) is 23.1 Å². The lowest BCUT2D eigenvalue weighted by atomic mass is 10.0. The minimum atomic E-state index is -0.413. The molecule has 0 unspecified atom stereocenters. The molecular weight excluding hydrogens is 232 g/mol. The predicted molar refractivity (Wildman–Crippen MR) is 68.1 cm³/mol. The van der Waals surface area contributed by atoms with E-state index in [2.05, 4.69) is 0 Å². The van der Waals surface area contributed by atoms with E-state index in [1.807, 2.05) is 6.08 Å². The van der Waals surface area contributed by atoms with Crippen molar-refractivity contribution < 1.29 is 9.72 Å². The number of hydrogen-bond donors (Lipinski definition) is 0. The van der Waals surface area contributed by atoms with Gasteiger partial charge >= 0.3 is 0 Å². The molecule has 1 aliphatic carbocycles. The van der Waals surface area contributed by atoms with E-state index in [4.69, 9.17) is 0 Å². The molecule has 94 valence electrons. The maximum Gasteiger partial charge on any atom is 0.270 e. The Morgan fingerprint density at radius 1 is 1.44 bits per heavy atom. The van der Waals surface area contributed by atoms with Crippen LogP contribution in [0.2, 0.25) is 0 Å². The first-order valence-corrected chi connectivity index (χ1v) is 5.66. The zero-order chi connectivity index (χ0) is 13.3. The van der Waals surface area contributed by atoms with Crippen molar-refractivity contribution in [2.45, 2.75) is 12.8 Å². The molecule has 5 nitrogen and oxygen atoms in total. The van der Waals surface area contributed by atoms with Crippen molar-refractivity contribution in [3.8, 4) is 0 Å². The van der Waals surface area contributed by atoms with Crippen LogP contribution in [0.15, 0.2) is 24.3 Å². The lowest BCUT2D eigenvalue weighted by Crippen LogP contribution is -2.21. The van der Waals surface area contributed by atoms with Gasteiger partial charge in [-0.1, -0.05) is 12.1 Å². The maximum atomic E-state index is 11.7. The molecule has 0 aromatic heterocycles. The quantitative estimate of drug-likeness (QED) is 0.605. The van der Waals surface area contributed by atoms with Crippen molar-refractivity contribution in [2.24, 2.45) is 0 Å². The topological polar surface area (TPSA) is 63.5 Å². The van der Waals surface area contributed by atoms with E-state index in [0.717, 1.165) is 23.1 Å². The SMILES string of the molecule is CN(C)C(=O)CC1=CCc2ccc([N+](=O)[O-])cc21. The number of hydrogen-bond acceptors (Lipinski definition) is 3. The number of non-ortho nitro benzene ring substituents is 1. The highest BCUT2D eigenvalue weighted by Crippen LogP contribution is 2.32. The van der Waals surface area contributed by atoms with Gasteiger partial charge < -0.3 is 4.90 Å². The predicted octanol–water partition coefficient (Wildman–Crippen LogP) is 2.01. The summed E-state index contributed by atoms with van der Waals surface area (Å²) in [6, 6.07) is 4.82. The first-order chi connectivity index (χ1) is 8.49. The largest absolute Gasteiger partial charge is 0.349 e. The monoisotopic (exact) mass is 246 g/mol. The average Bonchev–Trinajstić information content (AvgIpc) is 2.71. The molecule has 0 bridgehead atoms. The van der Waals surface area contributed by atoms with E-state index in [1.54, 1.807) is 26.2 Å². The smallest absolute Gasteiger partial charge is 0.270 e. The van der Waals surface area contributed by atoms with Crippen LogP contribution in [0.1, 0.15) is 17.5 Å². The molecule has 1 aliphatic rings. The molecule has 1 aromatic carbocycles. The Hall–Kier alpha value is -2.17. The van der Waals surface area contributed by atoms with Crippen LogP contribution in [-0.4, -0.2) is 29.8 Å². The number of nitrogens with zero attached hydrogens (tertiary/aromatic N) is 2. The fraction of sp³-hybridized carbons (Fsp3) is 0.308. The highest BCUT2D eigenvalue weighted by molar-refractivity contribution is 5.90. The van der Waals surface area contributed by atoms with E-state index in [9.17, 15) is 14.9 Å². The van der Waals surface area contributed by atoms with Crippen LogP contribution in [-0.2, 0) is 11.2 Å². The summed E-state index contributed by atoms with van der Waals surface area (Å²) in [4.78, 5) is 23.5. The van der Waals surface area contributed by atoms with Crippen molar-refractivity contribution in [3.63, 3.8) is 0 Å². The number of amides is 1. The summed E-state index contributed by atoms with van der Waals surface area (Å²) in [7, 11) is 3.40. The number of carbonyl (C=O) groups is 1. The minimum absolute atomic E-state index is 0.000561. The maximum absolute atomic E-state index is 11.7. The van der Waals surface area contributed by atoms with Gasteiger partial charge in [-0.3, -0.25) is 14.9 Å². The van der Waals surface area contributed by atoms with Gasteiger partial charge in [-0.2, -0.15) is 0 Å². The Morgan fingerprint density at radius 2 is 2.17 bits per heavy atom.